The van der Waals surface area contributed by atoms with Crippen LogP contribution in [0.15, 0.2) is 11.8 Å². The van der Waals surface area contributed by atoms with Gasteiger partial charge in [-0.1, -0.05) is 26.7 Å². The molecule has 0 rings (SSSR count). The molecule has 0 aliphatic heterocycles. The molecule has 0 aliphatic carbocycles. The van der Waals surface area contributed by atoms with Gasteiger partial charge < -0.3 is 14.7 Å². The maximum Gasteiger partial charge on any atom is 0.306 e. The van der Waals surface area contributed by atoms with E-state index in [9.17, 15) is 9.90 Å². The SMILES string of the molecule is CCCCC/C=C(\O)C[N+](CC)(CC)CCC(C)C(=O)O. The Morgan fingerprint density at radius 3 is 2.24 bits per heavy atom. The molecule has 1 unspecified atom stereocenters. The molecule has 2 N–H and O–H groups in total. The van der Waals surface area contributed by atoms with Crippen LogP contribution in [-0.4, -0.2) is 46.8 Å². The van der Waals surface area contributed by atoms with Gasteiger partial charge in [0, 0.05) is 6.42 Å². The predicted octanol–water partition coefficient (Wildman–Crippen LogP) is 3.98. The molecule has 0 heterocycles. The van der Waals surface area contributed by atoms with E-state index in [-0.39, 0.29) is 5.92 Å². The number of carboxylic acid groups (broad SMARTS) is 1. The first-order valence-corrected chi connectivity index (χ1v) is 8.36. The van der Waals surface area contributed by atoms with Gasteiger partial charge in [-0.3, -0.25) is 4.79 Å². The van der Waals surface area contributed by atoms with Gasteiger partial charge in [0.2, 0.25) is 0 Å². The third-order valence-corrected chi connectivity index (χ3v) is 4.48. The van der Waals surface area contributed by atoms with E-state index in [1.54, 1.807) is 6.92 Å². The number of quaternary nitrogens is 1. The van der Waals surface area contributed by atoms with Crippen LogP contribution in [0.5, 0.6) is 0 Å². The Kier molecular flexibility index (Phi) is 10.1. The van der Waals surface area contributed by atoms with E-state index < -0.39 is 5.97 Å². The van der Waals surface area contributed by atoms with E-state index in [1.807, 2.05) is 6.08 Å². The number of hydrogen-bond acceptors (Lipinski definition) is 2. The molecular formula is C17H34NO3+. The van der Waals surface area contributed by atoms with Crippen molar-refractivity contribution in [1.82, 2.24) is 0 Å². The fraction of sp³-hybridized carbons (Fsp3) is 0.824. The number of likely N-dealkylation sites (N-methyl/N-ethyl adjacent to an activating group) is 1. The lowest BCUT2D eigenvalue weighted by Crippen LogP contribution is -2.50. The molecule has 0 aromatic carbocycles. The molecule has 4 heteroatoms. The van der Waals surface area contributed by atoms with Gasteiger partial charge in [0.15, 0.2) is 0 Å². The number of aliphatic hydroxyl groups excluding tert-OH is 1. The van der Waals surface area contributed by atoms with Crippen molar-refractivity contribution in [2.45, 2.75) is 59.8 Å². The highest BCUT2D eigenvalue weighted by atomic mass is 16.4. The predicted molar refractivity (Wildman–Crippen MR) is 87.3 cm³/mol. The summed E-state index contributed by atoms with van der Waals surface area (Å²) in [5.74, 6) is -0.603. The summed E-state index contributed by atoms with van der Waals surface area (Å²) in [6, 6.07) is 0. The average molecular weight is 300 g/mol. The molecular weight excluding hydrogens is 266 g/mol. The van der Waals surface area contributed by atoms with E-state index >= 15 is 0 Å². The van der Waals surface area contributed by atoms with Crippen LogP contribution in [0.25, 0.3) is 0 Å². The first kappa shape index (κ1) is 20.0. The Hall–Kier alpha value is -1.03. The second-order valence-electron chi connectivity index (χ2n) is 6.08. The van der Waals surface area contributed by atoms with Crippen molar-refractivity contribution in [2.75, 3.05) is 26.2 Å². The number of carboxylic acids is 1. The highest BCUT2D eigenvalue weighted by molar-refractivity contribution is 5.69. The fourth-order valence-corrected chi connectivity index (χ4v) is 2.50. The molecule has 0 fully saturated rings. The number of hydrogen-bond donors (Lipinski definition) is 2. The quantitative estimate of drug-likeness (QED) is 0.326. The Morgan fingerprint density at radius 2 is 1.76 bits per heavy atom. The van der Waals surface area contributed by atoms with Gasteiger partial charge in [0.25, 0.3) is 0 Å². The van der Waals surface area contributed by atoms with Crippen molar-refractivity contribution in [1.29, 1.82) is 0 Å². The van der Waals surface area contributed by atoms with Crippen LogP contribution in [0.2, 0.25) is 0 Å². The van der Waals surface area contributed by atoms with Crippen LogP contribution < -0.4 is 0 Å². The Balaban J connectivity index is 4.53. The average Bonchev–Trinajstić information content (AvgIpc) is 2.47. The van der Waals surface area contributed by atoms with Gasteiger partial charge in [-0.2, -0.15) is 0 Å². The van der Waals surface area contributed by atoms with Crippen molar-refractivity contribution < 1.29 is 19.5 Å². The second-order valence-corrected chi connectivity index (χ2v) is 6.08. The number of carbonyl (C=O) groups is 1. The number of unbranched alkanes of at least 4 members (excludes halogenated alkanes) is 3. The highest BCUT2D eigenvalue weighted by Crippen LogP contribution is 2.15. The highest BCUT2D eigenvalue weighted by Gasteiger charge is 2.26. The maximum absolute atomic E-state index is 11.0. The minimum absolute atomic E-state index is 0.323. The van der Waals surface area contributed by atoms with Crippen molar-refractivity contribution >= 4 is 5.97 Å². The lowest BCUT2D eigenvalue weighted by molar-refractivity contribution is -0.922. The molecule has 0 saturated heterocycles. The lowest BCUT2D eigenvalue weighted by atomic mass is 10.1. The van der Waals surface area contributed by atoms with Gasteiger partial charge in [-0.05, 0) is 32.8 Å². The third kappa shape index (κ3) is 8.10. The van der Waals surface area contributed by atoms with Crippen LogP contribution >= 0.6 is 0 Å². The molecule has 0 spiro atoms. The summed E-state index contributed by atoms with van der Waals surface area (Å²) < 4.78 is 0.758. The van der Waals surface area contributed by atoms with Crippen LogP contribution in [0, 0.1) is 5.92 Å². The zero-order valence-electron chi connectivity index (χ0n) is 14.3. The summed E-state index contributed by atoms with van der Waals surface area (Å²) >= 11 is 0. The first-order valence-electron chi connectivity index (χ1n) is 8.36. The van der Waals surface area contributed by atoms with E-state index in [1.165, 1.54) is 12.8 Å². The smallest absolute Gasteiger partial charge is 0.306 e. The number of rotatable bonds is 12. The maximum atomic E-state index is 11.0. The second kappa shape index (κ2) is 10.7. The van der Waals surface area contributed by atoms with Gasteiger partial charge >= 0.3 is 5.97 Å². The molecule has 4 nitrogen and oxygen atoms in total. The molecule has 0 bridgehead atoms. The summed E-state index contributed by atoms with van der Waals surface area (Å²) in [6.45, 7) is 11.4. The molecule has 0 saturated carbocycles. The molecule has 21 heavy (non-hydrogen) atoms. The minimum atomic E-state index is -0.736. The zero-order valence-corrected chi connectivity index (χ0v) is 14.3. The minimum Gasteiger partial charge on any atom is -0.507 e. The molecule has 0 aromatic rings. The van der Waals surface area contributed by atoms with Crippen LogP contribution in [0.3, 0.4) is 0 Å². The van der Waals surface area contributed by atoms with Gasteiger partial charge in [-0.25, -0.2) is 0 Å². The molecule has 0 radical (unpaired) electrons. The standard InChI is InChI=1S/C17H33NO3/c1-5-8-9-10-11-16(19)14-18(6-2,7-3)13-12-15(4)17(20)21/h11,15H,5-10,12-14H2,1-4H3,(H-,19,20,21)/p+1/b16-11-. The summed E-state index contributed by atoms with van der Waals surface area (Å²) in [4.78, 5) is 11.0. The van der Waals surface area contributed by atoms with E-state index in [2.05, 4.69) is 20.8 Å². The van der Waals surface area contributed by atoms with Crippen molar-refractivity contribution in [2.24, 2.45) is 5.92 Å². The largest absolute Gasteiger partial charge is 0.507 e. The summed E-state index contributed by atoms with van der Waals surface area (Å²) in [7, 11) is 0. The van der Waals surface area contributed by atoms with Crippen LogP contribution in [0.1, 0.15) is 59.8 Å². The Bertz CT molecular complexity index is 322. The van der Waals surface area contributed by atoms with Crippen molar-refractivity contribution in [3.05, 3.63) is 11.8 Å². The van der Waals surface area contributed by atoms with E-state index in [4.69, 9.17) is 5.11 Å². The molecule has 0 amide bonds. The number of aliphatic hydroxyl groups is 1. The third-order valence-electron chi connectivity index (χ3n) is 4.48. The number of aliphatic carboxylic acids is 1. The summed E-state index contributed by atoms with van der Waals surface area (Å²) in [5, 5.41) is 19.2. The molecule has 1 atom stereocenters. The Labute approximate surface area is 130 Å². The first-order chi connectivity index (χ1) is 9.90. The fourth-order valence-electron chi connectivity index (χ4n) is 2.50. The zero-order chi connectivity index (χ0) is 16.3. The molecule has 124 valence electrons. The number of allylic oxidation sites excluding steroid dienone is 1. The van der Waals surface area contributed by atoms with Crippen molar-refractivity contribution in [3.8, 4) is 0 Å². The summed E-state index contributed by atoms with van der Waals surface area (Å²) in [6.07, 6.45) is 7.02. The molecule has 0 aliphatic rings. The van der Waals surface area contributed by atoms with Gasteiger partial charge in [0.1, 0.15) is 12.3 Å². The van der Waals surface area contributed by atoms with Crippen molar-refractivity contribution in [3.63, 3.8) is 0 Å². The topological polar surface area (TPSA) is 57.5 Å². The number of nitrogens with zero attached hydrogens (tertiary/aromatic N) is 1. The van der Waals surface area contributed by atoms with E-state index in [0.29, 0.717) is 18.7 Å². The van der Waals surface area contributed by atoms with E-state index in [0.717, 1.165) is 37.0 Å². The van der Waals surface area contributed by atoms with Gasteiger partial charge in [-0.15, -0.1) is 0 Å². The van der Waals surface area contributed by atoms with Crippen LogP contribution in [0.4, 0.5) is 0 Å². The lowest BCUT2D eigenvalue weighted by Gasteiger charge is -2.37. The monoisotopic (exact) mass is 300 g/mol. The Morgan fingerprint density at radius 1 is 1.14 bits per heavy atom. The summed E-state index contributed by atoms with van der Waals surface area (Å²) in [5.41, 5.74) is 0. The normalized spacial score (nSPS) is 14.2. The molecule has 0 aromatic heterocycles. The van der Waals surface area contributed by atoms with Gasteiger partial charge in [0.05, 0.1) is 25.6 Å². The van der Waals surface area contributed by atoms with Crippen LogP contribution in [-0.2, 0) is 4.79 Å².